The monoisotopic (exact) mass is 244 g/mol. The Hall–Kier alpha value is -2.49. The number of phenols is 1. The number of aromatic hydroxyl groups is 1. The van der Waals surface area contributed by atoms with E-state index in [1.807, 2.05) is 0 Å². The second kappa shape index (κ2) is 4.79. The van der Waals surface area contributed by atoms with Crippen LogP contribution in [-0.4, -0.2) is 17.2 Å². The van der Waals surface area contributed by atoms with E-state index in [0.29, 0.717) is 6.29 Å². The van der Waals surface area contributed by atoms with Crippen LogP contribution in [-0.2, 0) is 0 Å². The van der Waals surface area contributed by atoms with Crippen LogP contribution in [0.1, 0.15) is 26.3 Å². The maximum absolute atomic E-state index is 12.8. The first-order valence-electron chi connectivity index (χ1n) is 5.21. The molecule has 0 amide bonds. The minimum absolute atomic E-state index is 0.0703. The van der Waals surface area contributed by atoms with Gasteiger partial charge in [0.25, 0.3) is 0 Å². The van der Waals surface area contributed by atoms with Crippen LogP contribution in [0, 0.1) is 5.82 Å². The van der Waals surface area contributed by atoms with Crippen LogP contribution >= 0.6 is 0 Å². The highest BCUT2D eigenvalue weighted by Gasteiger charge is 2.17. The van der Waals surface area contributed by atoms with E-state index in [2.05, 4.69) is 0 Å². The largest absolute Gasteiger partial charge is 0.507 e. The molecule has 1 N–H and O–H groups in total. The minimum atomic E-state index is -0.518. The quantitative estimate of drug-likeness (QED) is 0.666. The molecule has 90 valence electrons. The first-order valence-corrected chi connectivity index (χ1v) is 5.21. The van der Waals surface area contributed by atoms with Crippen LogP contribution in [0.25, 0.3) is 0 Å². The average Bonchev–Trinajstić information content (AvgIpc) is 2.38. The van der Waals surface area contributed by atoms with Gasteiger partial charge >= 0.3 is 0 Å². The summed E-state index contributed by atoms with van der Waals surface area (Å²) in [5.74, 6) is -1.25. The molecule has 2 aromatic rings. The van der Waals surface area contributed by atoms with E-state index in [1.54, 1.807) is 0 Å². The van der Waals surface area contributed by atoms with Crippen molar-refractivity contribution >= 4 is 12.1 Å². The van der Waals surface area contributed by atoms with E-state index in [-0.39, 0.29) is 22.4 Å². The Bertz CT molecular complexity index is 603. The molecule has 0 aromatic heterocycles. The van der Waals surface area contributed by atoms with Crippen molar-refractivity contribution in [3.8, 4) is 5.75 Å². The van der Waals surface area contributed by atoms with Crippen molar-refractivity contribution in [2.24, 2.45) is 0 Å². The van der Waals surface area contributed by atoms with E-state index in [4.69, 9.17) is 0 Å². The predicted octanol–water partition coefficient (Wildman–Crippen LogP) is 2.57. The third kappa shape index (κ3) is 2.13. The van der Waals surface area contributed by atoms with E-state index in [1.165, 1.54) is 30.3 Å². The fourth-order valence-electron chi connectivity index (χ4n) is 1.65. The number of halogens is 1. The Labute approximate surface area is 103 Å². The van der Waals surface area contributed by atoms with Crippen LogP contribution in [0.3, 0.4) is 0 Å². The zero-order chi connectivity index (χ0) is 13.1. The van der Waals surface area contributed by atoms with E-state index in [0.717, 1.165) is 12.1 Å². The molecular weight excluding hydrogens is 235 g/mol. The zero-order valence-electron chi connectivity index (χ0n) is 9.26. The fourth-order valence-corrected chi connectivity index (χ4v) is 1.65. The summed E-state index contributed by atoms with van der Waals surface area (Å²) in [6, 6.07) is 9.13. The molecule has 0 aliphatic rings. The van der Waals surface area contributed by atoms with Crippen molar-refractivity contribution in [3.63, 3.8) is 0 Å². The predicted molar refractivity (Wildman–Crippen MR) is 63.3 cm³/mol. The molecule has 3 nitrogen and oxygen atoms in total. The summed E-state index contributed by atoms with van der Waals surface area (Å²) in [7, 11) is 0. The van der Waals surface area contributed by atoms with Crippen LogP contribution in [0.15, 0.2) is 42.5 Å². The second-order valence-corrected chi connectivity index (χ2v) is 3.70. The Morgan fingerprint density at radius 3 is 2.39 bits per heavy atom. The van der Waals surface area contributed by atoms with Crippen LogP contribution in [0.5, 0.6) is 5.75 Å². The number of carbonyl (C=O) groups excluding carboxylic acids is 2. The van der Waals surface area contributed by atoms with Gasteiger partial charge in [-0.25, -0.2) is 4.39 Å². The third-order valence-electron chi connectivity index (χ3n) is 2.54. The number of aldehydes is 1. The van der Waals surface area contributed by atoms with Gasteiger partial charge in [-0.1, -0.05) is 12.1 Å². The number of carbonyl (C=O) groups is 2. The van der Waals surface area contributed by atoms with Gasteiger partial charge in [-0.15, -0.1) is 0 Å². The molecule has 2 aromatic carbocycles. The first kappa shape index (κ1) is 12.0. The van der Waals surface area contributed by atoms with Crippen molar-refractivity contribution in [2.75, 3.05) is 0 Å². The van der Waals surface area contributed by atoms with Gasteiger partial charge in [-0.3, -0.25) is 9.59 Å². The number of rotatable bonds is 3. The van der Waals surface area contributed by atoms with Gasteiger partial charge in [-0.2, -0.15) is 0 Å². The highest BCUT2D eigenvalue weighted by atomic mass is 19.1. The molecule has 0 aliphatic heterocycles. The lowest BCUT2D eigenvalue weighted by Crippen LogP contribution is -2.05. The Balaban J connectivity index is 2.52. The molecule has 0 saturated carbocycles. The summed E-state index contributed by atoms with van der Waals surface area (Å²) in [4.78, 5) is 23.0. The summed E-state index contributed by atoms with van der Waals surface area (Å²) >= 11 is 0. The van der Waals surface area contributed by atoms with Gasteiger partial charge in [0.2, 0.25) is 0 Å². The summed E-state index contributed by atoms with van der Waals surface area (Å²) in [5, 5.41) is 9.65. The fraction of sp³-hybridized carbons (Fsp3) is 0. The van der Waals surface area contributed by atoms with Gasteiger partial charge in [0.05, 0.1) is 5.56 Å². The molecule has 2 rings (SSSR count). The average molecular weight is 244 g/mol. The molecule has 0 radical (unpaired) electrons. The molecule has 0 unspecified atom stereocenters. The minimum Gasteiger partial charge on any atom is -0.507 e. The Morgan fingerprint density at radius 1 is 1.11 bits per heavy atom. The van der Waals surface area contributed by atoms with Gasteiger partial charge in [0, 0.05) is 11.1 Å². The van der Waals surface area contributed by atoms with Gasteiger partial charge in [0.15, 0.2) is 12.1 Å². The normalized spacial score (nSPS) is 10.1. The SMILES string of the molecule is O=Cc1cccc(O)c1C(=O)c1ccc(F)cc1. The van der Waals surface area contributed by atoms with Crippen molar-refractivity contribution in [2.45, 2.75) is 0 Å². The van der Waals surface area contributed by atoms with Crippen LogP contribution in [0.2, 0.25) is 0 Å². The molecule has 0 spiro atoms. The summed E-state index contributed by atoms with van der Waals surface area (Å²) in [6.07, 6.45) is 0.497. The van der Waals surface area contributed by atoms with Crippen LogP contribution in [0.4, 0.5) is 4.39 Å². The molecule has 18 heavy (non-hydrogen) atoms. The Kier molecular flexibility index (Phi) is 3.19. The van der Waals surface area contributed by atoms with E-state index < -0.39 is 11.6 Å². The van der Waals surface area contributed by atoms with Crippen LogP contribution < -0.4 is 0 Å². The number of benzene rings is 2. The van der Waals surface area contributed by atoms with E-state index >= 15 is 0 Å². The molecule has 0 aliphatic carbocycles. The van der Waals surface area contributed by atoms with Crippen molar-refractivity contribution in [3.05, 3.63) is 65.0 Å². The topological polar surface area (TPSA) is 54.4 Å². The zero-order valence-corrected chi connectivity index (χ0v) is 9.26. The number of ketones is 1. The lowest BCUT2D eigenvalue weighted by molar-refractivity contribution is 0.102. The lowest BCUT2D eigenvalue weighted by atomic mass is 9.98. The maximum Gasteiger partial charge on any atom is 0.197 e. The number of hydrogen-bond acceptors (Lipinski definition) is 3. The maximum atomic E-state index is 12.8. The molecule has 0 atom stereocenters. The summed E-state index contributed by atoms with van der Waals surface area (Å²) in [6.45, 7) is 0. The standard InChI is InChI=1S/C14H9FO3/c15-11-6-4-9(5-7-11)14(18)13-10(8-16)2-1-3-12(13)17/h1-8,17H. The molecule has 0 saturated heterocycles. The second-order valence-electron chi connectivity index (χ2n) is 3.70. The third-order valence-corrected chi connectivity index (χ3v) is 2.54. The molecule has 4 heteroatoms. The van der Waals surface area contributed by atoms with Crippen molar-refractivity contribution in [1.29, 1.82) is 0 Å². The molecule has 0 heterocycles. The Morgan fingerprint density at radius 2 is 1.78 bits per heavy atom. The van der Waals surface area contributed by atoms with Gasteiger partial charge in [0.1, 0.15) is 11.6 Å². The molecule has 0 fully saturated rings. The summed E-state index contributed by atoms with van der Waals surface area (Å²) < 4.78 is 12.8. The molecule has 0 bridgehead atoms. The lowest BCUT2D eigenvalue weighted by Gasteiger charge is -2.06. The molecular formula is C14H9FO3. The number of phenolic OH excluding ortho intramolecular Hbond substituents is 1. The van der Waals surface area contributed by atoms with Gasteiger partial charge in [-0.05, 0) is 30.3 Å². The number of hydrogen-bond donors (Lipinski definition) is 1. The van der Waals surface area contributed by atoms with Crippen molar-refractivity contribution < 1.29 is 19.1 Å². The van der Waals surface area contributed by atoms with E-state index in [9.17, 15) is 19.1 Å². The summed E-state index contributed by atoms with van der Waals surface area (Å²) in [5.41, 5.74) is 0.240. The van der Waals surface area contributed by atoms with Crippen molar-refractivity contribution in [1.82, 2.24) is 0 Å². The smallest absolute Gasteiger partial charge is 0.197 e. The highest BCUT2D eigenvalue weighted by Crippen LogP contribution is 2.23. The van der Waals surface area contributed by atoms with Gasteiger partial charge < -0.3 is 5.11 Å². The first-order chi connectivity index (χ1) is 8.63. The highest BCUT2D eigenvalue weighted by molar-refractivity contribution is 6.14.